The van der Waals surface area contributed by atoms with E-state index in [4.69, 9.17) is 15.6 Å². The van der Waals surface area contributed by atoms with Gasteiger partial charge in [-0.05, 0) is 54.6 Å². The van der Waals surface area contributed by atoms with Crippen molar-refractivity contribution in [1.82, 2.24) is 9.99 Å². The van der Waals surface area contributed by atoms with Gasteiger partial charge in [-0.3, -0.25) is 19.8 Å². The number of hydrogen-bond donors (Lipinski definition) is 3. The Morgan fingerprint density at radius 2 is 1.88 bits per heavy atom. The van der Waals surface area contributed by atoms with Crippen LogP contribution >= 0.6 is 11.3 Å². The molecule has 4 aromatic rings. The number of nitrogen functional groups attached to an aromatic ring is 1. The Morgan fingerprint density at radius 3 is 2.59 bits per heavy atom. The molecule has 1 heterocycles. The van der Waals surface area contributed by atoms with Gasteiger partial charge in [0.15, 0.2) is 17.7 Å². The van der Waals surface area contributed by atoms with Gasteiger partial charge in [0.2, 0.25) is 0 Å². The monoisotopic (exact) mass is 475 g/mol. The molecule has 1 aromatic heterocycles. The van der Waals surface area contributed by atoms with Crippen LogP contribution < -0.4 is 26.1 Å². The minimum Gasteiger partial charge on any atom is -0.484 e. The SMILES string of the molecule is Cn1c(=Nc2ccc(OCC(=O)Nc3ccc(C=O)c(C(=O)NN)c3)cc2)sc2ccccc21. The van der Waals surface area contributed by atoms with Gasteiger partial charge in [0.1, 0.15) is 5.75 Å². The summed E-state index contributed by atoms with van der Waals surface area (Å²) < 4.78 is 8.75. The second-order valence-corrected chi connectivity index (χ2v) is 8.26. The summed E-state index contributed by atoms with van der Waals surface area (Å²) >= 11 is 1.61. The first-order chi connectivity index (χ1) is 16.5. The number of hydrazine groups is 1. The third kappa shape index (κ3) is 5.03. The van der Waals surface area contributed by atoms with E-state index in [0.717, 1.165) is 20.7 Å². The van der Waals surface area contributed by atoms with Crippen molar-refractivity contribution in [2.24, 2.45) is 17.9 Å². The second-order valence-electron chi connectivity index (χ2n) is 7.25. The molecule has 34 heavy (non-hydrogen) atoms. The molecule has 0 aliphatic rings. The molecule has 0 radical (unpaired) electrons. The van der Waals surface area contributed by atoms with Gasteiger partial charge in [-0.1, -0.05) is 23.5 Å². The molecule has 0 bridgehead atoms. The molecular weight excluding hydrogens is 454 g/mol. The zero-order valence-electron chi connectivity index (χ0n) is 18.1. The fourth-order valence-corrected chi connectivity index (χ4v) is 4.31. The van der Waals surface area contributed by atoms with E-state index in [2.05, 4.69) is 17.4 Å². The maximum absolute atomic E-state index is 12.3. The Hall–Kier alpha value is -4.28. The minimum absolute atomic E-state index is 0.0580. The third-order valence-corrected chi connectivity index (χ3v) is 6.10. The molecule has 0 aliphatic heterocycles. The number of para-hydroxylation sites is 1. The fraction of sp³-hybridized carbons (Fsp3) is 0.0833. The van der Waals surface area contributed by atoms with Gasteiger partial charge >= 0.3 is 0 Å². The first-order valence-corrected chi connectivity index (χ1v) is 11.0. The van der Waals surface area contributed by atoms with Gasteiger partial charge in [0.25, 0.3) is 11.8 Å². The molecule has 0 saturated carbocycles. The van der Waals surface area contributed by atoms with Gasteiger partial charge in [-0.25, -0.2) is 10.8 Å². The normalized spacial score (nSPS) is 11.3. The molecule has 172 valence electrons. The molecule has 2 amide bonds. The Labute approximate surface area is 198 Å². The first kappa shape index (κ1) is 22.9. The van der Waals surface area contributed by atoms with Gasteiger partial charge in [-0.15, -0.1) is 0 Å². The van der Waals surface area contributed by atoms with Crippen molar-refractivity contribution in [3.63, 3.8) is 0 Å². The Kier molecular flexibility index (Phi) is 6.81. The van der Waals surface area contributed by atoms with E-state index >= 15 is 0 Å². The van der Waals surface area contributed by atoms with Crippen LogP contribution in [0.25, 0.3) is 10.2 Å². The summed E-state index contributed by atoms with van der Waals surface area (Å²) in [5, 5.41) is 2.63. The molecule has 4 N–H and O–H groups in total. The van der Waals surface area contributed by atoms with Crippen LogP contribution in [0.2, 0.25) is 0 Å². The molecular formula is C24H21N5O4S. The lowest BCUT2D eigenvalue weighted by atomic mass is 10.1. The number of carbonyl (C=O) groups excluding carboxylic acids is 3. The number of amides is 2. The van der Waals surface area contributed by atoms with Gasteiger partial charge < -0.3 is 14.6 Å². The van der Waals surface area contributed by atoms with Crippen LogP contribution in [-0.2, 0) is 11.8 Å². The van der Waals surface area contributed by atoms with Crippen molar-refractivity contribution in [2.45, 2.75) is 0 Å². The summed E-state index contributed by atoms with van der Waals surface area (Å²) in [4.78, 5) is 40.7. The van der Waals surface area contributed by atoms with Crippen LogP contribution in [0.15, 0.2) is 71.7 Å². The number of nitrogens with two attached hydrogens (primary N) is 1. The van der Waals surface area contributed by atoms with Crippen molar-refractivity contribution in [2.75, 3.05) is 11.9 Å². The Balaban J connectivity index is 1.40. The highest BCUT2D eigenvalue weighted by molar-refractivity contribution is 7.16. The van der Waals surface area contributed by atoms with Crippen molar-refractivity contribution in [1.29, 1.82) is 0 Å². The number of aryl methyl sites for hydroxylation is 1. The standard InChI is InChI=1S/C24H21N5O4S/c1-29-20-4-2-3-5-21(20)34-24(29)27-16-8-10-18(11-9-16)33-14-22(31)26-17-7-6-15(13-30)19(12-17)23(32)28-25/h2-13H,14,25H2,1H3,(H,26,31)(H,28,32). The zero-order valence-corrected chi connectivity index (χ0v) is 19.0. The number of carbonyl (C=O) groups is 3. The quantitative estimate of drug-likeness (QED) is 0.164. The summed E-state index contributed by atoms with van der Waals surface area (Å²) in [6.45, 7) is -0.240. The molecule has 3 aromatic carbocycles. The lowest BCUT2D eigenvalue weighted by molar-refractivity contribution is -0.118. The Bertz CT molecular complexity index is 1440. The van der Waals surface area contributed by atoms with Gasteiger partial charge in [0.05, 0.1) is 21.5 Å². The lowest BCUT2D eigenvalue weighted by Gasteiger charge is -2.10. The lowest BCUT2D eigenvalue weighted by Crippen LogP contribution is -2.31. The number of nitrogens with one attached hydrogen (secondary N) is 2. The average molecular weight is 476 g/mol. The number of anilines is 1. The Morgan fingerprint density at radius 1 is 1.12 bits per heavy atom. The number of aromatic nitrogens is 1. The number of aldehydes is 1. The molecule has 4 rings (SSSR count). The number of benzene rings is 3. The molecule has 10 heteroatoms. The van der Waals surface area contributed by atoms with Crippen molar-refractivity contribution >= 4 is 51.0 Å². The van der Waals surface area contributed by atoms with E-state index in [1.165, 1.54) is 18.2 Å². The van der Waals surface area contributed by atoms with E-state index in [1.807, 2.05) is 41.3 Å². The highest BCUT2D eigenvalue weighted by atomic mass is 32.1. The summed E-state index contributed by atoms with van der Waals surface area (Å²) in [5.41, 5.74) is 4.41. The number of nitrogens with zero attached hydrogens (tertiary/aromatic N) is 2. The molecule has 0 spiro atoms. The molecule has 9 nitrogen and oxygen atoms in total. The third-order valence-electron chi connectivity index (χ3n) is 4.99. The predicted molar refractivity (Wildman–Crippen MR) is 130 cm³/mol. The molecule has 0 fully saturated rings. The van der Waals surface area contributed by atoms with Crippen LogP contribution in [0.4, 0.5) is 11.4 Å². The second kappa shape index (κ2) is 10.1. The first-order valence-electron chi connectivity index (χ1n) is 10.2. The highest BCUT2D eigenvalue weighted by Crippen LogP contribution is 2.20. The summed E-state index contributed by atoms with van der Waals surface area (Å²) in [7, 11) is 1.98. The van der Waals surface area contributed by atoms with E-state index in [1.54, 1.807) is 23.5 Å². The maximum atomic E-state index is 12.3. The smallest absolute Gasteiger partial charge is 0.265 e. The number of rotatable bonds is 7. The molecule has 0 aliphatic carbocycles. The minimum atomic E-state index is -0.635. The van der Waals surface area contributed by atoms with E-state index < -0.39 is 11.8 Å². The molecule has 0 atom stereocenters. The maximum Gasteiger partial charge on any atom is 0.265 e. The van der Waals surface area contributed by atoms with Crippen LogP contribution in [0.3, 0.4) is 0 Å². The number of fused-ring (bicyclic) bond motifs is 1. The summed E-state index contributed by atoms with van der Waals surface area (Å²) in [5.74, 6) is 4.59. The van der Waals surface area contributed by atoms with E-state index in [9.17, 15) is 14.4 Å². The average Bonchev–Trinajstić information content (AvgIpc) is 3.18. The highest BCUT2D eigenvalue weighted by Gasteiger charge is 2.12. The fourth-order valence-electron chi connectivity index (χ4n) is 3.27. The molecule has 0 saturated heterocycles. The van der Waals surface area contributed by atoms with Crippen molar-refractivity contribution in [3.05, 3.63) is 82.7 Å². The van der Waals surface area contributed by atoms with E-state index in [0.29, 0.717) is 17.7 Å². The largest absolute Gasteiger partial charge is 0.484 e. The zero-order chi connectivity index (χ0) is 24.1. The van der Waals surface area contributed by atoms with Crippen molar-refractivity contribution < 1.29 is 19.1 Å². The van der Waals surface area contributed by atoms with Crippen LogP contribution in [0, 0.1) is 0 Å². The predicted octanol–water partition coefficient (Wildman–Crippen LogP) is 2.91. The number of hydrogen-bond acceptors (Lipinski definition) is 7. The van der Waals surface area contributed by atoms with Gasteiger partial charge in [0, 0.05) is 18.3 Å². The number of ether oxygens (including phenoxy) is 1. The van der Waals surface area contributed by atoms with Gasteiger partial charge in [-0.2, -0.15) is 0 Å². The van der Waals surface area contributed by atoms with E-state index in [-0.39, 0.29) is 17.7 Å². The van der Waals surface area contributed by atoms with Crippen LogP contribution in [0.5, 0.6) is 5.75 Å². The number of thiazole rings is 1. The van der Waals surface area contributed by atoms with Crippen molar-refractivity contribution in [3.8, 4) is 5.75 Å². The summed E-state index contributed by atoms with van der Waals surface area (Å²) in [6, 6.07) is 19.5. The summed E-state index contributed by atoms with van der Waals surface area (Å²) in [6.07, 6.45) is 0.538. The topological polar surface area (TPSA) is 128 Å². The van der Waals surface area contributed by atoms with Crippen LogP contribution in [-0.4, -0.2) is 29.3 Å². The molecule has 0 unspecified atom stereocenters. The van der Waals surface area contributed by atoms with Crippen LogP contribution in [0.1, 0.15) is 20.7 Å².